The Labute approximate surface area is 98.5 Å². The monoisotopic (exact) mass is 228 g/mol. The van der Waals surface area contributed by atoms with Crippen molar-refractivity contribution in [3.63, 3.8) is 0 Å². The Kier molecular flexibility index (Phi) is 6.46. The fourth-order valence-electron chi connectivity index (χ4n) is 2.19. The number of esters is 1. The Morgan fingerprint density at radius 3 is 2.81 bits per heavy atom. The first-order valence-corrected chi connectivity index (χ1v) is 6.53. The maximum Gasteiger partial charge on any atom is 0.302 e. The van der Waals surface area contributed by atoms with Crippen molar-refractivity contribution >= 4 is 5.97 Å². The van der Waals surface area contributed by atoms with Crippen LogP contribution in [0.1, 0.15) is 58.8 Å². The van der Waals surface area contributed by atoms with Crippen molar-refractivity contribution in [3.8, 4) is 0 Å². The highest BCUT2D eigenvalue weighted by molar-refractivity contribution is 5.66. The number of hydrogen-bond donors (Lipinski definition) is 0. The Morgan fingerprint density at radius 2 is 2.25 bits per heavy atom. The van der Waals surface area contributed by atoms with Crippen LogP contribution in [0.15, 0.2) is 0 Å². The van der Waals surface area contributed by atoms with Gasteiger partial charge in [0.2, 0.25) is 0 Å². The van der Waals surface area contributed by atoms with Gasteiger partial charge in [0.15, 0.2) is 0 Å². The van der Waals surface area contributed by atoms with Crippen LogP contribution in [-0.2, 0) is 14.3 Å². The Hall–Kier alpha value is -0.570. The zero-order chi connectivity index (χ0) is 11.8. The average Bonchev–Trinajstić information content (AvgIpc) is 2.29. The van der Waals surface area contributed by atoms with E-state index in [1.807, 2.05) is 0 Å². The SMILES string of the molecule is CCCCCC(OC(C)=O)C1CCCCO1. The molecule has 2 atom stereocenters. The molecule has 1 aliphatic heterocycles. The molecule has 1 aliphatic rings. The number of carbonyl (C=O) groups excluding carboxylic acids is 1. The van der Waals surface area contributed by atoms with Crippen LogP contribution in [0.5, 0.6) is 0 Å². The van der Waals surface area contributed by atoms with E-state index in [-0.39, 0.29) is 18.2 Å². The first-order chi connectivity index (χ1) is 7.74. The molecule has 0 spiro atoms. The van der Waals surface area contributed by atoms with Gasteiger partial charge in [-0.05, 0) is 32.1 Å². The van der Waals surface area contributed by atoms with Crippen molar-refractivity contribution in [3.05, 3.63) is 0 Å². The molecule has 0 amide bonds. The maximum atomic E-state index is 11.1. The molecule has 0 N–H and O–H groups in total. The molecule has 3 heteroatoms. The van der Waals surface area contributed by atoms with Gasteiger partial charge in [-0.2, -0.15) is 0 Å². The van der Waals surface area contributed by atoms with E-state index in [0.29, 0.717) is 0 Å². The number of unbranched alkanes of at least 4 members (excludes halogenated alkanes) is 2. The van der Waals surface area contributed by atoms with Gasteiger partial charge in [0, 0.05) is 13.5 Å². The van der Waals surface area contributed by atoms with Crippen LogP contribution in [0.4, 0.5) is 0 Å². The van der Waals surface area contributed by atoms with Crippen LogP contribution >= 0.6 is 0 Å². The lowest BCUT2D eigenvalue weighted by Crippen LogP contribution is -2.35. The van der Waals surface area contributed by atoms with Crippen LogP contribution in [0.25, 0.3) is 0 Å². The Balaban J connectivity index is 2.37. The summed E-state index contributed by atoms with van der Waals surface area (Å²) >= 11 is 0. The molecule has 1 fully saturated rings. The van der Waals surface area contributed by atoms with Crippen molar-refractivity contribution in [2.75, 3.05) is 6.61 Å². The normalized spacial score (nSPS) is 22.8. The average molecular weight is 228 g/mol. The zero-order valence-electron chi connectivity index (χ0n) is 10.5. The maximum absolute atomic E-state index is 11.1. The summed E-state index contributed by atoms with van der Waals surface area (Å²) in [4.78, 5) is 11.1. The molecular formula is C13H24O3. The third-order valence-electron chi connectivity index (χ3n) is 3.04. The minimum absolute atomic E-state index is 0.0238. The molecule has 0 aromatic heterocycles. The zero-order valence-corrected chi connectivity index (χ0v) is 10.5. The highest BCUT2D eigenvalue weighted by Gasteiger charge is 2.26. The van der Waals surface area contributed by atoms with Crippen molar-refractivity contribution in [2.24, 2.45) is 0 Å². The van der Waals surface area contributed by atoms with E-state index in [1.165, 1.54) is 26.2 Å². The summed E-state index contributed by atoms with van der Waals surface area (Å²) in [5, 5.41) is 0. The van der Waals surface area contributed by atoms with Gasteiger partial charge < -0.3 is 9.47 Å². The minimum atomic E-state index is -0.185. The van der Waals surface area contributed by atoms with Crippen LogP contribution in [0, 0.1) is 0 Å². The summed E-state index contributed by atoms with van der Waals surface area (Å²) in [6.45, 7) is 4.48. The molecule has 94 valence electrons. The van der Waals surface area contributed by atoms with E-state index in [9.17, 15) is 4.79 Å². The van der Waals surface area contributed by atoms with Crippen molar-refractivity contribution in [2.45, 2.75) is 71.0 Å². The largest absolute Gasteiger partial charge is 0.460 e. The predicted molar refractivity (Wildman–Crippen MR) is 63.3 cm³/mol. The van der Waals surface area contributed by atoms with Gasteiger partial charge in [-0.1, -0.05) is 19.8 Å². The summed E-state index contributed by atoms with van der Waals surface area (Å²) in [5.74, 6) is -0.185. The molecular weight excluding hydrogens is 204 g/mol. The van der Waals surface area contributed by atoms with E-state index in [4.69, 9.17) is 9.47 Å². The number of carbonyl (C=O) groups is 1. The Bertz CT molecular complexity index is 197. The molecule has 0 aromatic carbocycles. The van der Waals surface area contributed by atoms with E-state index in [2.05, 4.69) is 6.92 Å². The molecule has 0 radical (unpaired) electrons. The lowest BCUT2D eigenvalue weighted by atomic mass is 9.99. The van der Waals surface area contributed by atoms with E-state index in [0.717, 1.165) is 32.3 Å². The summed E-state index contributed by atoms with van der Waals surface area (Å²) in [6, 6.07) is 0. The van der Waals surface area contributed by atoms with Gasteiger partial charge in [0.1, 0.15) is 6.10 Å². The van der Waals surface area contributed by atoms with Gasteiger partial charge in [0.25, 0.3) is 0 Å². The standard InChI is InChI=1S/C13H24O3/c1-3-4-5-9-13(16-11(2)14)12-8-6-7-10-15-12/h12-13H,3-10H2,1-2H3. The molecule has 0 aromatic rings. The first kappa shape index (κ1) is 13.5. The third kappa shape index (κ3) is 4.97. The smallest absolute Gasteiger partial charge is 0.302 e. The fraction of sp³-hybridized carbons (Fsp3) is 0.923. The predicted octanol–water partition coefficient (Wildman–Crippen LogP) is 3.07. The van der Waals surface area contributed by atoms with Crippen LogP contribution in [-0.4, -0.2) is 24.8 Å². The molecule has 0 aliphatic carbocycles. The molecule has 16 heavy (non-hydrogen) atoms. The van der Waals surface area contributed by atoms with Gasteiger partial charge >= 0.3 is 5.97 Å². The second-order valence-electron chi connectivity index (χ2n) is 4.55. The second kappa shape index (κ2) is 7.66. The van der Waals surface area contributed by atoms with E-state index >= 15 is 0 Å². The molecule has 3 nitrogen and oxygen atoms in total. The summed E-state index contributed by atoms with van der Waals surface area (Å²) in [7, 11) is 0. The van der Waals surface area contributed by atoms with Gasteiger partial charge in [-0.15, -0.1) is 0 Å². The quantitative estimate of drug-likeness (QED) is 0.517. The van der Waals surface area contributed by atoms with Crippen LogP contribution in [0.2, 0.25) is 0 Å². The van der Waals surface area contributed by atoms with Gasteiger partial charge in [-0.3, -0.25) is 4.79 Å². The van der Waals surface area contributed by atoms with Gasteiger partial charge in [0.05, 0.1) is 6.10 Å². The van der Waals surface area contributed by atoms with E-state index < -0.39 is 0 Å². The number of hydrogen-bond acceptors (Lipinski definition) is 3. The van der Waals surface area contributed by atoms with Crippen molar-refractivity contribution < 1.29 is 14.3 Å². The first-order valence-electron chi connectivity index (χ1n) is 6.53. The molecule has 2 unspecified atom stereocenters. The molecule has 1 rings (SSSR count). The fourth-order valence-corrected chi connectivity index (χ4v) is 2.19. The molecule has 0 bridgehead atoms. The third-order valence-corrected chi connectivity index (χ3v) is 3.04. The molecule has 0 saturated carbocycles. The second-order valence-corrected chi connectivity index (χ2v) is 4.55. The Morgan fingerprint density at radius 1 is 1.44 bits per heavy atom. The van der Waals surface area contributed by atoms with Crippen molar-refractivity contribution in [1.82, 2.24) is 0 Å². The van der Waals surface area contributed by atoms with Crippen LogP contribution in [0.3, 0.4) is 0 Å². The molecule has 1 saturated heterocycles. The topological polar surface area (TPSA) is 35.5 Å². The summed E-state index contributed by atoms with van der Waals surface area (Å²) in [5.41, 5.74) is 0. The summed E-state index contributed by atoms with van der Waals surface area (Å²) < 4.78 is 11.1. The lowest BCUT2D eigenvalue weighted by Gasteiger charge is -2.30. The van der Waals surface area contributed by atoms with Crippen LogP contribution < -0.4 is 0 Å². The number of ether oxygens (including phenoxy) is 2. The van der Waals surface area contributed by atoms with Crippen molar-refractivity contribution in [1.29, 1.82) is 0 Å². The minimum Gasteiger partial charge on any atom is -0.460 e. The number of rotatable bonds is 6. The highest BCUT2D eigenvalue weighted by Crippen LogP contribution is 2.21. The lowest BCUT2D eigenvalue weighted by molar-refractivity contribution is -0.158. The van der Waals surface area contributed by atoms with E-state index in [1.54, 1.807) is 0 Å². The summed E-state index contributed by atoms with van der Waals surface area (Å²) in [6.07, 6.45) is 7.92. The van der Waals surface area contributed by atoms with Gasteiger partial charge in [-0.25, -0.2) is 0 Å². The highest BCUT2D eigenvalue weighted by atomic mass is 16.6. The molecule has 1 heterocycles.